The van der Waals surface area contributed by atoms with E-state index in [-0.39, 0.29) is 11.3 Å². The average Bonchev–Trinajstić information content (AvgIpc) is 2.73. The van der Waals surface area contributed by atoms with Crippen LogP contribution in [0.4, 0.5) is 5.69 Å². The van der Waals surface area contributed by atoms with Gasteiger partial charge in [0.25, 0.3) is 5.69 Å². The predicted octanol–water partition coefficient (Wildman–Crippen LogP) is 3.98. The molecule has 1 aromatic heterocycles. The lowest BCUT2D eigenvalue weighted by Gasteiger charge is -2.09. The highest BCUT2D eigenvalue weighted by molar-refractivity contribution is 9.10. The standard InChI is InChI=1S/C19H19BrN2O7/c1-27-19(24)13-5-6-21-18(10-13)29-8-4-2-3-7-28-17-11-16(22(25)26)14(12-23)9-15(17)20/h5-6,9-12H,2-4,7-8H2,1H3. The number of nitro benzene ring substituents is 1. The van der Waals surface area contributed by atoms with E-state index in [1.54, 1.807) is 6.07 Å². The maximum Gasteiger partial charge on any atom is 0.338 e. The number of hydrogen-bond acceptors (Lipinski definition) is 8. The Morgan fingerprint density at radius 1 is 1.21 bits per heavy atom. The lowest BCUT2D eigenvalue weighted by atomic mass is 10.2. The third kappa shape index (κ3) is 6.53. The van der Waals surface area contributed by atoms with E-state index >= 15 is 0 Å². The van der Waals surface area contributed by atoms with E-state index < -0.39 is 10.9 Å². The summed E-state index contributed by atoms with van der Waals surface area (Å²) in [4.78, 5) is 36.8. The van der Waals surface area contributed by atoms with Crippen LogP contribution in [0, 0.1) is 10.1 Å². The van der Waals surface area contributed by atoms with Crippen LogP contribution in [0.25, 0.3) is 0 Å². The molecule has 10 heteroatoms. The summed E-state index contributed by atoms with van der Waals surface area (Å²) in [5.74, 6) is 0.194. The van der Waals surface area contributed by atoms with Crippen molar-refractivity contribution in [2.45, 2.75) is 19.3 Å². The molecule has 0 aliphatic rings. The Morgan fingerprint density at radius 3 is 2.59 bits per heavy atom. The Hall–Kier alpha value is -3.01. The van der Waals surface area contributed by atoms with Crippen molar-refractivity contribution in [3.8, 4) is 11.6 Å². The van der Waals surface area contributed by atoms with Crippen LogP contribution in [0.3, 0.4) is 0 Å². The fourth-order valence-electron chi connectivity index (χ4n) is 2.39. The summed E-state index contributed by atoms with van der Waals surface area (Å²) in [7, 11) is 1.30. The Labute approximate surface area is 175 Å². The van der Waals surface area contributed by atoms with Crippen molar-refractivity contribution in [3.63, 3.8) is 0 Å². The topological polar surface area (TPSA) is 118 Å². The van der Waals surface area contributed by atoms with Gasteiger partial charge >= 0.3 is 5.97 Å². The molecule has 0 aliphatic heterocycles. The first-order valence-electron chi connectivity index (χ1n) is 8.69. The number of aldehydes is 1. The summed E-state index contributed by atoms with van der Waals surface area (Å²) in [6.07, 6.45) is 4.14. The Bertz CT molecular complexity index is 889. The number of hydrogen-bond donors (Lipinski definition) is 0. The molecule has 0 aliphatic carbocycles. The second-order valence-electron chi connectivity index (χ2n) is 5.85. The molecule has 9 nitrogen and oxygen atoms in total. The van der Waals surface area contributed by atoms with Crippen LogP contribution >= 0.6 is 15.9 Å². The van der Waals surface area contributed by atoms with Gasteiger partial charge < -0.3 is 14.2 Å². The zero-order valence-electron chi connectivity index (χ0n) is 15.6. The molecular weight excluding hydrogens is 448 g/mol. The number of benzene rings is 1. The summed E-state index contributed by atoms with van der Waals surface area (Å²) < 4.78 is 16.2. The van der Waals surface area contributed by atoms with Crippen molar-refractivity contribution in [1.29, 1.82) is 0 Å². The SMILES string of the molecule is COC(=O)c1ccnc(OCCCCCOc2cc([N+](=O)[O-])c(C=O)cc2Br)c1. The van der Waals surface area contributed by atoms with Gasteiger partial charge in [-0.05, 0) is 47.3 Å². The number of aromatic nitrogens is 1. The number of unbranched alkanes of at least 4 members (excludes halogenated alkanes) is 2. The van der Waals surface area contributed by atoms with Gasteiger partial charge in [-0.1, -0.05) is 0 Å². The molecule has 0 unspecified atom stereocenters. The predicted molar refractivity (Wildman–Crippen MR) is 107 cm³/mol. The molecule has 154 valence electrons. The number of nitro groups is 1. The van der Waals surface area contributed by atoms with Crippen LogP contribution in [0.1, 0.15) is 40.0 Å². The molecule has 1 aromatic carbocycles. The lowest BCUT2D eigenvalue weighted by Crippen LogP contribution is -2.05. The molecule has 2 rings (SSSR count). The molecule has 0 bridgehead atoms. The number of nitrogens with zero attached hydrogens (tertiary/aromatic N) is 2. The second kappa shape index (κ2) is 11.1. The molecule has 2 aromatic rings. The second-order valence-corrected chi connectivity index (χ2v) is 6.70. The van der Waals surface area contributed by atoms with E-state index in [2.05, 4.69) is 25.7 Å². The number of carbonyl (C=O) groups is 2. The number of methoxy groups -OCH3 is 1. The number of pyridine rings is 1. The Kier molecular flexibility index (Phi) is 8.53. The van der Waals surface area contributed by atoms with Gasteiger partial charge in [-0.15, -0.1) is 0 Å². The summed E-state index contributed by atoms with van der Waals surface area (Å²) >= 11 is 3.25. The first kappa shape index (κ1) is 22.3. The molecule has 29 heavy (non-hydrogen) atoms. The number of halogens is 1. The highest BCUT2D eigenvalue weighted by Crippen LogP contribution is 2.32. The van der Waals surface area contributed by atoms with Gasteiger partial charge in [-0.2, -0.15) is 0 Å². The van der Waals surface area contributed by atoms with Gasteiger partial charge in [-0.3, -0.25) is 14.9 Å². The molecule has 0 fully saturated rings. The number of rotatable bonds is 11. The largest absolute Gasteiger partial charge is 0.492 e. The highest BCUT2D eigenvalue weighted by atomic mass is 79.9. The number of esters is 1. The average molecular weight is 467 g/mol. The zero-order chi connectivity index (χ0) is 21.2. The van der Waals surface area contributed by atoms with Crippen LogP contribution in [0.5, 0.6) is 11.6 Å². The third-order valence-electron chi connectivity index (χ3n) is 3.86. The van der Waals surface area contributed by atoms with Crippen molar-refractivity contribution >= 4 is 33.9 Å². The van der Waals surface area contributed by atoms with E-state index in [0.29, 0.717) is 47.6 Å². The van der Waals surface area contributed by atoms with Crippen molar-refractivity contribution < 1.29 is 28.7 Å². The Balaban J connectivity index is 1.74. The minimum Gasteiger partial charge on any atom is -0.492 e. The van der Waals surface area contributed by atoms with Crippen molar-refractivity contribution in [3.05, 3.63) is 56.2 Å². The van der Waals surface area contributed by atoms with Crippen LogP contribution in [-0.4, -0.2) is 42.5 Å². The van der Waals surface area contributed by atoms with Crippen LogP contribution in [0.2, 0.25) is 0 Å². The first-order valence-corrected chi connectivity index (χ1v) is 9.48. The monoisotopic (exact) mass is 466 g/mol. The van der Waals surface area contributed by atoms with E-state index in [1.807, 2.05) is 0 Å². The van der Waals surface area contributed by atoms with Gasteiger partial charge in [0.2, 0.25) is 5.88 Å². The quantitative estimate of drug-likeness (QED) is 0.160. The molecule has 0 N–H and O–H groups in total. The van der Waals surface area contributed by atoms with Gasteiger partial charge in [0, 0.05) is 12.3 Å². The van der Waals surface area contributed by atoms with Crippen LogP contribution < -0.4 is 9.47 Å². The highest BCUT2D eigenvalue weighted by Gasteiger charge is 2.17. The van der Waals surface area contributed by atoms with E-state index in [4.69, 9.17) is 9.47 Å². The summed E-state index contributed by atoms with van der Waals surface area (Å²) in [5.41, 5.74) is 0.0516. The summed E-state index contributed by atoms with van der Waals surface area (Å²) in [6.45, 7) is 0.771. The van der Waals surface area contributed by atoms with Gasteiger partial charge in [0.05, 0.1) is 46.9 Å². The van der Waals surface area contributed by atoms with Crippen molar-refractivity contribution in [1.82, 2.24) is 4.98 Å². The number of ether oxygens (including phenoxy) is 3. The molecule has 0 atom stereocenters. The van der Waals surface area contributed by atoms with E-state index in [9.17, 15) is 19.7 Å². The smallest absolute Gasteiger partial charge is 0.338 e. The fourth-order valence-corrected chi connectivity index (χ4v) is 2.87. The summed E-state index contributed by atoms with van der Waals surface area (Å²) in [5, 5.41) is 11.0. The third-order valence-corrected chi connectivity index (χ3v) is 4.48. The normalized spacial score (nSPS) is 10.3. The molecule has 1 heterocycles. The van der Waals surface area contributed by atoms with Gasteiger partial charge in [0.1, 0.15) is 5.75 Å². The van der Waals surface area contributed by atoms with E-state index in [1.165, 1.54) is 31.5 Å². The van der Waals surface area contributed by atoms with Gasteiger partial charge in [0.15, 0.2) is 6.29 Å². The van der Waals surface area contributed by atoms with Crippen molar-refractivity contribution in [2.75, 3.05) is 20.3 Å². The minimum absolute atomic E-state index is 0.0174. The molecular formula is C19H19BrN2O7. The zero-order valence-corrected chi connectivity index (χ0v) is 17.2. The van der Waals surface area contributed by atoms with Crippen LogP contribution in [0.15, 0.2) is 34.9 Å². The molecule has 0 saturated heterocycles. The lowest BCUT2D eigenvalue weighted by molar-refractivity contribution is -0.385. The van der Waals surface area contributed by atoms with Crippen LogP contribution in [-0.2, 0) is 4.74 Å². The first-order chi connectivity index (χ1) is 14.0. The fraction of sp³-hybridized carbons (Fsp3) is 0.316. The molecule has 0 spiro atoms. The van der Waals surface area contributed by atoms with E-state index in [0.717, 1.165) is 12.8 Å². The maximum atomic E-state index is 11.5. The number of carbonyl (C=O) groups excluding carboxylic acids is 2. The molecule has 0 radical (unpaired) electrons. The Morgan fingerprint density at radius 2 is 1.93 bits per heavy atom. The molecule has 0 saturated carbocycles. The summed E-state index contributed by atoms with van der Waals surface area (Å²) in [6, 6.07) is 5.66. The van der Waals surface area contributed by atoms with Gasteiger partial charge in [-0.25, -0.2) is 9.78 Å². The molecule has 0 amide bonds. The minimum atomic E-state index is -0.621. The van der Waals surface area contributed by atoms with Crippen molar-refractivity contribution in [2.24, 2.45) is 0 Å². The maximum absolute atomic E-state index is 11.5.